The molecule has 0 bridgehead atoms. The SMILES string of the molecule is C=C/C=C(C=C)/C=C/C=C(\C=C)N(c1ccc(-c2ccccc2)cc1)c1ccc(-c2ccc(N(c3ccc(C(/C=C\C)=C/C)cc3)c3ccc(C4C=CC=CC4)cc3)cc2)cc1. The smallest absolute Gasteiger partial charge is 0.0462 e. The molecule has 1 atom stereocenters. The number of allylic oxidation sites excluding steroid dienone is 16. The van der Waals surface area contributed by atoms with Gasteiger partial charge in [0.2, 0.25) is 0 Å². The third-order valence-electron chi connectivity index (χ3n) is 11.1. The highest BCUT2D eigenvalue weighted by atomic mass is 15.1. The van der Waals surface area contributed by atoms with E-state index in [1.54, 1.807) is 6.08 Å². The second-order valence-electron chi connectivity index (χ2n) is 15.0. The van der Waals surface area contributed by atoms with Crippen LogP contribution < -0.4 is 9.80 Å². The van der Waals surface area contributed by atoms with Crippen molar-refractivity contribution in [2.24, 2.45) is 0 Å². The first-order valence-electron chi connectivity index (χ1n) is 21.3. The van der Waals surface area contributed by atoms with Gasteiger partial charge in [0, 0.05) is 40.1 Å². The Morgan fingerprint density at radius 1 is 0.548 bits per heavy atom. The molecule has 0 N–H and O–H groups in total. The molecule has 6 aromatic carbocycles. The molecule has 62 heavy (non-hydrogen) atoms. The molecule has 7 rings (SSSR count). The quantitative estimate of drug-likeness (QED) is 0.0900. The highest BCUT2D eigenvalue weighted by Gasteiger charge is 2.17. The summed E-state index contributed by atoms with van der Waals surface area (Å²) in [7, 11) is 0. The van der Waals surface area contributed by atoms with Gasteiger partial charge < -0.3 is 9.80 Å². The molecular formula is C60H54N2. The summed E-state index contributed by atoms with van der Waals surface area (Å²) in [6.07, 6.45) is 29.8. The average molecular weight is 803 g/mol. The van der Waals surface area contributed by atoms with E-state index < -0.39 is 0 Å². The van der Waals surface area contributed by atoms with Crippen LogP contribution in [0.1, 0.15) is 37.3 Å². The minimum absolute atomic E-state index is 0.400. The number of nitrogens with zero attached hydrogens (tertiary/aromatic N) is 2. The van der Waals surface area contributed by atoms with Crippen molar-refractivity contribution in [3.05, 3.63) is 279 Å². The van der Waals surface area contributed by atoms with E-state index in [2.05, 4.69) is 238 Å². The lowest BCUT2D eigenvalue weighted by Crippen LogP contribution is -2.15. The Balaban J connectivity index is 1.20. The molecule has 1 aliphatic rings. The molecule has 0 saturated carbocycles. The van der Waals surface area contributed by atoms with Crippen molar-refractivity contribution in [2.45, 2.75) is 26.2 Å². The topological polar surface area (TPSA) is 6.48 Å². The normalized spacial score (nSPS) is 14.3. The number of anilines is 5. The predicted octanol–water partition coefficient (Wildman–Crippen LogP) is 17.1. The summed E-state index contributed by atoms with van der Waals surface area (Å²) in [5, 5.41) is 0. The first kappa shape index (κ1) is 42.4. The monoisotopic (exact) mass is 802 g/mol. The van der Waals surface area contributed by atoms with E-state index in [-0.39, 0.29) is 0 Å². The first-order valence-corrected chi connectivity index (χ1v) is 21.3. The van der Waals surface area contributed by atoms with Crippen molar-refractivity contribution in [3.8, 4) is 22.3 Å². The lowest BCUT2D eigenvalue weighted by Gasteiger charge is -2.27. The molecule has 0 saturated heterocycles. The van der Waals surface area contributed by atoms with Gasteiger partial charge in [-0.2, -0.15) is 0 Å². The van der Waals surface area contributed by atoms with Crippen molar-refractivity contribution in [2.75, 3.05) is 9.80 Å². The van der Waals surface area contributed by atoms with Crippen LogP contribution in [0.3, 0.4) is 0 Å². The summed E-state index contributed by atoms with van der Waals surface area (Å²) >= 11 is 0. The Bertz CT molecular complexity index is 2660. The summed E-state index contributed by atoms with van der Waals surface area (Å²) in [6, 6.07) is 54.7. The lowest BCUT2D eigenvalue weighted by molar-refractivity contribution is 0.854. The fraction of sp³-hybridized carbons (Fsp3) is 0.0667. The Hall–Kier alpha value is -7.68. The fourth-order valence-corrected chi connectivity index (χ4v) is 7.79. The van der Waals surface area contributed by atoms with E-state index in [9.17, 15) is 0 Å². The van der Waals surface area contributed by atoms with Gasteiger partial charge in [-0.3, -0.25) is 0 Å². The lowest BCUT2D eigenvalue weighted by atomic mass is 9.92. The Kier molecular flexibility index (Phi) is 14.4. The molecule has 2 heteroatoms. The fourth-order valence-electron chi connectivity index (χ4n) is 7.79. The maximum absolute atomic E-state index is 4.22. The van der Waals surface area contributed by atoms with Gasteiger partial charge in [0.1, 0.15) is 0 Å². The van der Waals surface area contributed by atoms with Crippen molar-refractivity contribution < 1.29 is 0 Å². The summed E-state index contributed by atoms with van der Waals surface area (Å²) in [5.74, 6) is 0.400. The van der Waals surface area contributed by atoms with Crippen LogP contribution in [0.2, 0.25) is 0 Å². The number of benzene rings is 6. The molecule has 1 unspecified atom stereocenters. The van der Waals surface area contributed by atoms with Crippen LogP contribution in [-0.4, -0.2) is 0 Å². The minimum Gasteiger partial charge on any atom is -0.311 e. The van der Waals surface area contributed by atoms with Crippen molar-refractivity contribution in [1.82, 2.24) is 0 Å². The minimum atomic E-state index is 0.400. The number of hydrogen-bond donors (Lipinski definition) is 0. The molecular weight excluding hydrogens is 749 g/mol. The van der Waals surface area contributed by atoms with E-state index >= 15 is 0 Å². The first-order chi connectivity index (χ1) is 30.5. The number of rotatable bonds is 16. The summed E-state index contributed by atoms with van der Waals surface area (Å²) in [4.78, 5) is 4.57. The summed E-state index contributed by atoms with van der Waals surface area (Å²) in [6.45, 7) is 16.1. The third-order valence-corrected chi connectivity index (χ3v) is 11.1. The summed E-state index contributed by atoms with van der Waals surface area (Å²) in [5.41, 5.74) is 15.6. The second-order valence-corrected chi connectivity index (χ2v) is 15.0. The molecule has 0 fully saturated rings. The van der Waals surface area contributed by atoms with Crippen LogP contribution in [0.5, 0.6) is 0 Å². The Morgan fingerprint density at radius 2 is 1.08 bits per heavy atom. The second kappa shape index (κ2) is 21.0. The van der Waals surface area contributed by atoms with E-state index in [1.807, 2.05) is 36.4 Å². The maximum Gasteiger partial charge on any atom is 0.0462 e. The Morgan fingerprint density at radius 3 is 1.56 bits per heavy atom. The number of hydrogen-bond acceptors (Lipinski definition) is 2. The van der Waals surface area contributed by atoms with Crippen molar-refractivity contribution >= 4 is 34.0 Å². The van der Waals surface area contributed by atoms with Gasteiger partial charge in [-0.1, -0.05) is 184 Å². The van der Waals surface area contributed by atoms with E-state index in [0.29, 0.717) is 5.92 Å². The van der Waals surface area contributed by atoms with Gasteiger partial charge in [0.25, 0.3) is 0 Å². The van der Waals surface area contributed by atoms with Crippen molar-refractivity contribution in [1.29, 1.82) is 0 Å². The molecule has 2 nitrogen and oxygen atoms in total. The van der Waals surface area contributed by atoms with E-state index in [4.69, 9.17) is 0 Å². The molecule has 0 aliphatic heterocycles. The standard InChI is InChI=1S/C60H54N2/c1-6-18-46(8-3)20-17-25-55(10-5)61(56-38-28-51(29-39-56)48-21-13-11-14-22-48)57-40-32-53(33-41-57)54-34-44-60(45-35-54)62(58-36-26-50(27-37-58)47(9-4)19-7-2)59-42-30-52(31-43-59)49-23-15-12-16-24-49/h6-23,25-45,49H,1,3,5,24H2,2,4H3/b19-7-,20-17+,46-18+,47-9+,55-25+. The van der Waals surface area contributed by atoms with Gasteiger partial charge >= 0.3 is 0 Å². The molecule has 0 heterocycles. The molecule has 1 aliphatic carbocycles. The van der Waals surface area contributed by atoms with Gasteiger partial charge in [0.15, 0.2) is 0 Å². The van der Waals surface area contributed by atoms with E-state index in [1.165, 1.54) is 22.3 Å². The molecule has 0 radical (unpaired) electrons. The van der Waals surface area contributed by atoms with Crippen LogP contribution in [0.25, 0.3) is 27.8 Å². The van der Waals surface area contributed by atoms with Gasteiger partial charge in [-0.25, -0.2) is 0 Å². The Labute approximate surface area is 369 Å². The maximum atomic E-state index is 4.22. The van der Waals surface area contributed by atoms with Crippen LogP contribution in [0, 0.1) is 0 Å². The molecule has 6 aromatic rings. The zero-order chi connectivity index (χ0) is 43.1. The van der Waals surface area contributed by atoms with Crippen LogP contribution in [-0.2, 0) is 0 Å². The third kappa shape index (κ3) is 10.2. The highest BCUT2D eigenvalue weighted by molar-refractivity contribution is 5.82. The van der Waals surface area contributed by atoms with Crippen LogP contribution >= 0.6 is 0 Å². The largest absolute Gasteiger partial charge is 0.311 e. The molecule has 0 amide bonds. The van der Waals surface area contributed by atoms with Gasteiger partial charge in [0.05, 0.1) is 0 Å². The molecule has 0 aromatic heterocycles. The summed E-state index contributed by atoms with van der Waals surface area (Å²) < 4.78 is 0. The zero-order valence-corrected chi connectivity index (χ0v) is 35.8. The highest BCUT2D eigenvalue weighted by Crippen LogP contribution is 2.39. The van der Waals surface area contributed by atoms with E-state index in [0.717, 1.165) is 62.8 Å². The molecule has 0 spiro atoms. The van der Waals surface area contributed by atoms with Gasteiger partial charge in [-0.15, -0.1) is 0 Å². The predicted molar refractivity (Wildman–Crippen MR) is 271 cm³/mol. The van der Waals surface area contributed by atoms with Crippen molar-refractivity contribution in [3.63, 3.8) is 0 Å². The van der Waals surface area contributed by atoms with Crippen LogP contribution in [0.4, 0.5) is 28.4 Å². The molecule has 304 valence electrons. The average Bonchev–Trinajstić information content (AvgIpc) is 3.34. The van der Waals surface area contributed by atoms with Crippen LogP contribution in [0.15, 0.2) is 268 Å². The zero-order valence-electron chi connectivity index (χ0n) is 35.8. The van der Waals surface area contributed by atoms with Gasteiger partial charge in [-0.05, 0) is 138 Å².